The number of piperidine rings is 1. The lowest BCUT2D eigenvalue weighted by Gasteiger charge is -2.20. The third-order valence-electron chi connectivity index (χ3n) is 2.51. The minimum absolute atomic E-state index is 0.0777. The Hall–Kier alpha value is -1.23. The maximum atomic E-state index is 10.3. The summed E-state index contributed by atoms with van der Waals surface area (Å²) < 4.78 is 4.71. The summed E-state index contributed by atoms with van der Waals surface area (Å²) >= 11 is 0. The van der Waals surface area contributed by atoms with Crippen molar-refractivity contribution < 1.29 is 9.32 Å². The van der Waals surface area contributed by atoms with Gasteiger partial charge in [0.2, 0.25) is 6.29 Å². The van der Waals surface area contributed by atoms with Crippen molar-refractivity contribution in [1.29, 1.82) is 0 Å². The molecule has 0 unspecified atom stereocenters. The lowest BCUT2D eigenvalue weighted by molar-refractivity contribution is 0.108. The van der Waals surface area contributed by atoms with E-state index in [9.17, 15) is 4.79 Å². The Bertz CT molecular complexity index is 305. The Labute approximate surface area is 81.9 Å². The van der Waals surface area contributed by atoms with Gasteiger partial charge in [0.05, 0.1) is 0 Å². The van der Waals surface area contributed by atoms with Crippen LogP contribution < -0.4 is 5.32 Å². The Balaban J connectivity index is 1.92. The number of aldehydes is 1. The minimum Gasteiger partial charge on any atom is -0.331 e. The zero-order valence-electron chi connectivity index (χ0n) is 7.90. The molecule has 1 aliphatic heterocycles. The molecule has 0 aromatic carbocycles. The fourth-order valence-corrected chi connectivity index (χ4v) is 1.74. The fraction of sp³-hybridized carbons (Fsp3) is 0.667. The molecule has 1 N–H and O–H groups in total. The van der Waals surface area contributed by atoms with Gasteiger partial charge in [-0.15, -0.1) is 0 Å². The van der Waals surface area contributed by atoms with Crippen molar-refractivity contribution in [3.8, 4) is 0 Å². The van der Waals surface area contributed by atoms with Gasteiger partial charge in [0, 0.05) is 6.42 Å². The van der Waals surface area contributed by atoms with Crippen LogP contribution in [0, 0.1) is 5.92 Å². The van der Waals surface area contributed by atoms with Crippen LogP contribution in [0.4, 0.5) is 0 Å². The van der Waals surface area contributed by atoms with Crippen molar-refractivity contribution in [2.45, 2.75) is 19.3 Å². The summed E-state index contributed by atoms with van der Waals surface area (Å²) in [6.07, 6.45) is 3.69. The number of nitrogens with one attached hydrogen (secondary N) is 1. The molecule has 1 aromatic rings. The second-order valence-corrected chi connectivity index (χ2v) is 3.56. The van der Waals surface area contributed by atoms with Crippen LogP contribution in [0.5, 0.6) is 0 Å². The Morgan fingerprint density at radius 1 is 1.50 bits per heavy atom. The number of hydrogen-bond donors (Lipinski definition) is 1. The summed E-state index contributed by atoms with van der Waals surface area (Å²) in [7, 11) is 0. The molecule has 5 nitrogen and oxygen atoms in total. The van der Waals surface area contributed by atoms with Crippen molar-refractivity contribution in [1.82, 2.24) is 15.5 Å². The van der Waals surface area contributed by atoms with E-state index in [-0.39, 0.29) is 5.89 Å². The summed E-state index contributed by atoms with van der Waals surface area (Å²) in [5.74, 6) is 1.35. The number of carbonyl (C=O) groups is 1. The molecule has 0 saturated carbocycles. The number of aromatic nitrogens is 2. The first-order valence-corrected chi connectivity index (χ1v) is 4.87. The van der Waals surface area contributed by atoms with Gasteiger partial charge in [0.1, 0.15) is 0 Å². The molecular weight excluding hydrogens is 182 g/mol. The third-order valence-corrected chi connectivity index (χ3v) is 2.51. The lowest BCUT2D eigenvalue weighted by Crippen LogP contribution is -2.28. The van der Waals surface area contributed by atoms with Crippen molar-refractivity contribution in [3.05, 3.63) is 11.7 Å². The predicted molar refractivity (Wildman–Crippen MR) is 49.0 cm³/mol. The van der Waals surface area contributed by atoms with E-state index in [1.54, 1.807) is 0 Å². The first kappa shape index (κ1) is 9.33. The SMILES string of the molecule is O=Cc1nc(CC2CCNCC2)no1. The molecule has 0 bridgehead atoms. The van der Waals surface area contributed by atoms with E-state index in [1.807, 2.05) is 0 Å². The second kappa shape index (κ2) is 4.32. The Kier molecular flexibility index (Phi) is 2.88. The van der Waals surface area contributed by atoms with E-state index >= 15 is 0 Å². The number of rotatable bonds is 3. The molecule has 2 rings (SSSR count). The fourth-order valence-electron chi connectivity index (χ4n) is 1.74. The van der Waals surface area contributed by atoms with E-state index in [0.717, 1.165) is 32.4 Å². The molecule has 1 fully saturated rings. The molecule has 1 aromatic heterocycles. The zero-order chi connectivity index (χ0) is 9.80. The van der Waals surface area contributed by atoms with E-state index in [2.05, 4.69) is 15.5 Å². The van der Waals surface area contributed by atoms with Gasteiger partial charge in [-0.1, -0.05) is 5.16 Å². The molecule has 1 aliphatic rings. The molecular formula is C9H13N3O2. The maximum Gasteiger partial charge on any atom is 0.290 e. The first-order chi connectivity index (χ1) is 6.88. The molecule has 2 heterocycles. The average Bonchev–Trinajstić information content (AvgIpc) is 2.67. The molecule has 0 amide bonds. The van der Waals surface area contributed by atoms with E-state index in [4.69, 9.17) is 4.52 Å². The highest BCUT2D eigenvalue weighted by Crippen LogP contribution is 2.15. The number of hydrogen-bond acceptors (Lipinski definition) is 5. The van der Waals surface area contributed by atoms with Crippen molar-refractivity contribution >= 4 is 6.29 Å². The van der Waals surface area contributed by atoms with Gasteiger partial charge in [-0.3, -0.25) is 4.79 Å². The highest BCUT2D eigenvalue weighted by atomic mass is 16.5. The molecule has 76 valence electrons. The summed E-state index contributed by atoms with van der Waals surface area (Å²) in [5, 5.41) is 7.04. The van der Waals surface area contributed by atoms with Crippen LogP contribution in [0.1, 0.15) is 29.4 Å². The van der Waals surface area contributed by atoms with Gasteiger partial charge < -0.3 is 9.84 Å². The smallest absolute Gasteiger partial charge is 0.290 e. The lowest BCUT2D eigenvalue weighted by atomic mass is 9.94. The van der Waals surface area contributed by atoms with Crippen LogP contribution in [0.25, 0.3) is 0 Å². The summed E-state index contributed by atoms with van der Waals surface area (Å²) in [5.41, 5.74) is 0. The van der Waals surface area contributed by atoms with Crippen LogP contribution in [-0.2, 0) is 6.42 Å². The van der Waals surface area contributed by atoms with Gasteiger partial charge in [-0.05, 0) is 31.8 Å². The van der Waals surface area contributed by atoms with Crippen molar-refractivity contribution in [2.24, 2.45) is 5.92 Å². The number of nitrogens with zero attached hydrogens (tertiary/aromatic N) is 2. The van der Waals surface area contributed by atoms with Crippen LogP contribution in [0.15, 0.2) is 4.52 Å². The average molecular weight is 195 g/mol. The third kappa shape index (κ3) is 2.17. The topological polar surface area (TPSA) is 68.0 Å². The standard InChI is InChI=1S/C9H13N3O2/c13-6-9-11-8(12-14-9)5-7-1-3-10-4-2-7/h6-7,10H,1-5H2. The second-order valence-electron chi connectivity index (χ2n) is 3.56. The summed E-state index contributed by atoms with van der Waals surface area (Å²) in [4.78, 5) is 14.3. The first-order valence-electron chi connectivity index (χ1n) is 4.87. The molecule has 14 heavy (non-hydrogen) atoms. The largest absolute Gasteiger partial charge is 0.331 e. The Morgan fingerprint density at radius 3 is 2.93 bits per heavy atom. The molecule has 0 radical (unpaired) electrons. The van der Waals surface area contributed by atoms with Crippen molar-refractivity contribution in [2.75, 3.05) is 13.1 Å². The van der Waals surface area contributed by atoms with Crippen LogP contribution >= 0.6 is 0 Å². The van der Waals surface area contributed by atoms with Gasteiger partial charge >= 0.3 is 0 Å². The van der Waals surface area contributed by atoms with Crippen molar-refractivity contribution in [3.63, 3.8) is 0 Å². The number of carbonyl (C=O) groups excluding carboxylic acids is 1. The molecule has 0 atom stereocenters. The Morgan fingerprint density at radius 2 is 2.29 bits per heavy atom. The van der Waals surface area contributed by atoms with Gasteiger partial charge in [0.25, 0.3) is 5.89 Å². The zero-order valence-corrected chi connectivity index (χ0v) is 7.90. The van der Waals surface area contributed by atoms with Crippen LogP contribution in [0.2, 0.25) is 0 Å². The minimum atomic E-state index is 0.0777. The predicted octanol–water partition coefficient (Wildman–Crippen LogP) is 0.424. The van der Waals surface area contributed by atoms with E-state index in [0.29, 0.717) is 18.0 Å². The normalized spacial score (nSPS) is 18.3. The molecule has 0 spiro atoms. The highest BCUT2D eigenvalue weighted by Gasteiger charge is 2.16. The maximum absolute atomic E-state index is 10.3. The quantitative estimate of drug-likeness (QED) is 0.708. The van der Waals surface area contributed by atoms with Crippen LogP contribution in [-0.4, -0.2) is 29.5 Å². The van der Waals surface area contributed by atoms with Crippen LogP contribution in [0.3, 0.4) is 0 Å². The summed E-state index contributed by atoms with van der Waals surface area (Å²) in [6, 6.07) is 0. The molecule has 0 aliphatic carbocycles. The van der Waals surface area contributed by atoms with Gasteiger partial charge in [-0.2, -0.15) is 4.98 Å². The van der Waals surface area contributed by atoms with Gasteiger partial charge in [-0.25, -0.2) is 0 Å². The summed E-state index contributed by atoms with van der Waals surface area (Å²) in [6.45, 7) is 2.12. The monoisotopic (exact) mass is 195 g/mol. The van der Waals surface area contributed by atoms with Gasteiger partial charge in [0.15, 0.2) is 5.82 Å². The molecule has 1 saturated heterocycles. The molecule has 5 heteroatoms. The highest BCUT2D eigenvalue weighted by molar-refractivity contribution is 5.66. The van der Waals surface area contributed by atoms with E-state index in [1.165, 1.54) is 0 Å². The van der Waals surface area contributed by atoms with E-state index < -0.39 is 0 Å².